The first kappa shape index (κ1) is 12.4. The van der Waals surface area contributed by atoms with Gasteiger partial charge in [-0.25, -0.2) is 0 Å². The number of likely N-dealkylation sites (N-methyl/N-ethyl adjacent to an activating group) is 1. The number of carbonyl (C=O) groups excluding carboxylic acids is 1. The third kappa shape index (κ3) is 1.53. The molecule has 2 unspecified atom stereocenters. The fourth-order valence-electron chi connectivity index (χ4n) is 5.01. The van der Waals surface area contributed by atoms with Gasteiger partial charge in [-0.3, -0.25) is 4.79 Å². The molecule has 2 aliphatic carbocycles. The minimum absolute atomic E-state index is 0.00116. The second-order valence-electron chi connectivity index (χ2n) is 6.86. The number of piperidine rings is 1. The molecule has 1 heterocycles. The summed E-state index contributed by atoms with van der Waals surface area (Å²) in [5.74, 6) is 1.32. The number of ketones is 1. The Morgan fingerprint density at radius 1 is 1.40 bits per heavy atom. The van der Waals surface area contributed by atoms with Crippen LogP contribution in [0.5, 0.6) is 5.75 Å². The second-order valence-corrected chi connectivity index (χ2v) is 6.86. The molecular formula is C17H21NO2. The summed E-state index contributed by atoms with van der Waals surface area (Å²) in [5.41, 5.74) is 2.60. The number of rotatable bonds is 0. The van der Waals surface area contributed by atoms with Gasteiger partial charge in [0.05, 0.1) is 0 Å². The standard InChI is InChI=1S/C17H21NO2/c1-18-7-6-17-10-13(20)4-5-14(17)16(18)8-11-2-3-12(19)9-15(11)17/h2-3,9,14,16,19H,4-8,10H2,1H3/t14-,16?,17?/m1/s1. The zero-order valence-electron chi connectivity index (χ0n) is 11.9. The van der Waals surface area contributed by atoms with E-state index < -0.39 is 0 Å². The van der Waals surface area contributed by atoms with Crippen LogP contribution in [0.25, 0.3) is 0 Å². The quantitative estimate of drug-likeness (QED) is 0.787. The van der Waals surface area contributed by atoms with Gasteiger partial charge in [0.15, 0.2) is 0 Å². The first-order chi connectivity index (χ1) is 9.60. The van der Waals surface area contributed by atoms with E-state index in [9.17, 15) is 9.90 Å². The van der Waals surface area contributed by atoms with Crippen LogP contribution in [-0.4, -0.2) is 35.4 Å². The Hall–Kier alpha value is -1.35. The maximum atomic E-state index is 12.1. The topological polar surface area (TPSA) is 40.5 Å². The normalized spacial score (nSPS) is 36.4. The lowest BCUT2D eigenvalue weighted by molar-refractivity contribution is -0.126. The number of hydrogen-bond donors (Lipinski definition) is 1. The summed E-state index contributed by atoms with van der Waals surface area (Å²) in [6, 6.07) is 6.35. The van der Waals surface area contributed by atoms with Crippen LogP contribution in [0.4, 0.5) is 0 Å². The first-order valence-electron chi connectivity index (χ1n) is 7.64. The maximum Gasteiger partial charge on any atom is 0.133 e. The fraction of sp³-hybridized carbons (Fsp3) is 0.588. The summed E-state index contributed by atoms with van der Waals surface area (Å²) in [5, 5.41) is 9.89. The van der Waals surface area contributed by atoms with Crippen molar-refractivity contribution < 1.29 is 9.90 Å². The number of fused-ring (bicyclic) bond motifs is 1. The van der Waals surface area contributed by atoms with Crippen LogP contribution in [0.2, 0.25) is 0 Å². The maximum absolute atomic E-state index is 12.1. The van der Waals surface area contributed by atoms with E-state index in [1.165, 1.54) is 11.1 Å². The third-order valence-electron chi connectivity index (χ3n) is 5.96. The van der Waals surface area contributed by atoms with Crippen molar-refractivity contribution >= 4 is 5.78 Å². The van der Waals surface area contributed by atoms with Crippen LogP contribution in [0, 0.1) is 5.92 Å². The molecule has 3 atom stereocenters. The predicted molar refractivity (Wildman–Crippen MR) is 76.9 cm³/mol. The highest BCUT2D eigenvalue weighted by atomic mass is 16.3. The Kier molecular flexibility index (Phi) is 2.53. The van der Waals surface area contributed by atoms with Gasteiger partial charge in [0.1, 0.15) is 11.5 Å². The van der Waals surface area contributed by atoms with Gasteiger partial charge in [0, 0.05) is 24.3 Å². The molecule has 4 rings (SSSR count). The molecule has 106 valence electrons. The smallest absolute Gasteiger partial charge is 0.133 e. The van der Waals surface area contributed by atoms with Crippen molar-refractivity contribution in [1.29, 1.82) is 0 Å². The number of phenols is 1. The molecule has 0 aromatic heterocycles. The molecule has 1 aliphatic heterocycles. The zero-order valence-corrected chi connectivity index (χ0v) is 11.9. The molecule has 1 aromatic carbocycles. The van der Waals surface area contributed by atoms with E-state index in [0.717, 1.165) is 32.2 Å². The van der Waals surface area contributed by atoms with Crippen molar-refractivity contribution in [1.82, 2.24) is 4.90 Å². The molecule has 1 aromatic rings. The molecule has 1 saturated heterocycles. The van der Waals surface area contributed by atoms with Gasteiger partial charge in [-0.2, -0.15) is 0 Å². The minimum atomic E-state index is -0.00116. The van der Waals surface area contributed by atoms with E-state index in [-0.39, 0.29) is 5.41 Å². The highest BCUT2D eigenvalue weighted by Crippen LogP contribution is 2.55. The lowest BCUT2D eigenvalue weighted by atomic mass is 9.52. The summed E-state index contributed by atoms with van der Waals surface area (Å²) in [6.07, 6.45) is 4.55. The molecule has 0 amide bonds. The summed E-state index contributed by atoms with van der Waals surface area (Å²) < 4.78 is 0. The Balaban J connectivity index is 1.92. The fourth-order valence-corrected chi connectivity index (χ4v) is 5.01. The predicted octanol–water partition coefficient (Wildman–Crippen LogP) is 2.26. The van der Waals surface area contributed by atoms with E-state index >= 15 is 0 Å². The Morgan fingerprint density at radius 3 is 3.10 bits per heavy atom. The van der Waals surface area contributed by atoms with E-state index in [2.05, 4.69) is 18.0 Å². The highest BCUT2D eigenvalue weighted by molar-refractivity contribution is 5.81. The summed E-state index contributed by atoms with van der Waals surface area (Å²) in [7, 11) is 2.22. The number of likely N-dealkylation sites (tertiary alicyclic amines) is 1. The molecule has 1 N–H and O–H groups in total. The van der Waals surface area contributed by atoms with Crippen LogP contribution in [-0.2, 0) is 16.6 Å². The number of nitrogens with zero attached hydrogens (tertiary/aromatic N) is 1. The molecule has 3 nitrogen and oxygen atoms in total. The number of phenolic OH excluding ortho intramolecular Hbond substituents is 1. The van der Waals surface area contributed by atoms with Gasteiger partial charge in [0.25, 0.3) is 0 Å². The lowest BCUT2D eigenvalue weighted by Crippen LogP contribution is -2.60. The monoisotopic (exact) mass is 271 g/mol. The first-order valence-corrected chi connectivity index (χ1v) is 7.64. The Labute approximate surface area is 119 Å². The lowest BCUT2D eigenvalue weighted by Gasteiger charge is -2.58. The Morgan fingerprint density at radius 2 is 2.25 bits per heavy atom. The Bertz CT molecular complexity index is 582. The largest absolute Gasteiger partial charge is 0.508 e. The number of carbonyl (C=O) groups is 1. The zero-order chi connectivity index (χ0) is 13.9. The molecule has 2 bridgehead atoms. The highest BCUT2D eigenvalue weighted by Gasteiger charge is 2.54. The van der Waals surface area contributed by atoms with Gasteiger partial charge in [-0.1, -0.05) is 6.07 Å². The summed E-state index contributed by atoms with van der Waals surface area (Å²) in [4.78, 5) is 14.6. The number of benzene rings is 1. The molecular weight excluding hydrogens is 250 g/mol. The number of aromatic hydroxyl groups is 1. The minimum Gasteiger partial charge on any atom is -0.508 e. The molecule has 3 heteroatoms. The molecule has 2 fully saturated rings. The average Bonchev–Trinajstić information content (AvgIpc) is 2.43. The van der Waals surface area contributed by atoms with Gasteiger partial charge in [-0.15, -0.1) is 0 Å². The SMILES string of the molecule is CN1CCC23CC(=O)CC[C@@H]2C1Cc1ccc(O)cc13. The van der Waals surface area contributed by atoms with Crippen LogP contribution in [0.1, 0.15) is 36.8 Å². The van der Waals surface area contributed by atoms with Crippen LogP contribution in [0.3, 0.4) is 0 Å². The van der Waals surface area contributed by atoms with Crippen LogP contribution in [0.15, 0.2) is 18.2 Å². The molecule has 3 aliphatic rings. The second kappa shape index (κ2) is 4.08. The average molecular weight is 271 g/mol. The summed E-state index contributed by atoms with van der Waals surface area (Å²) >= 11 is 0. The van der Waals surface area contributed by atoms with E-state index in [1.807, 2.05) is 6.07 Å². The van der Waals surface area contributed by atoms with Gasteiger partial charge in [0.2, 0.25) is 0 Å². The van der Waals surface area contributed by atoms with Crippen molar-refractivity contribution in [2.24, 2.45) is 5.92 Å². The molecule has 0 spiro atoms. The third-order valence-corrected chi connectivity index (χ3v) is 5.96. The van der Waals surface area contributed by atoms with Gasteiger partial charge < -0.3 is 10.0 Å². The van der Waals surface area contributed by atoms with E-state index in [4.69, 9.17) is 0 Å². The van der Waals surface area contributed by atoms with Gasteiger partial charge in [-0.05, 0) is 62.0 Å². The number of Topliss-reactive ketones (excluding diaryl/α,β-unsaturated/α-hetero) is 1. The van der Waals surface area contributed by atoms with Crippen LogP contribution >= 0.6 is 0 Å². The van der Waals surface area contributed by atoms with Crippen molar-refractivity contribution in [3.8, 4) is 5.75 Å². The van der Waals surface area contributed by atoms with E-state index in [1.54, 1.807) is 6.07 Å². The molecule has 1 saturated carbocycles. The van der Waals surface area contributed by atoms with Gasteiger partial charge >= 0.3 is 0 Å². The van der Waals surface area contributed by atoms with Crippen molar-refractivity contribution in [3.63, 3.8) is 0 Å². The van der Waals surface area contributed by atoms with Crippen LogP contribution < -0.4 is 0 Å². The molecule has 20 heavy (non-hydrogen) atoms. The molecule has 0 radical (unpaired) electrons. The summed E-state index contributed by atoms with van der Waals surface area (Å²) in [6.45, 7) is 1.06. The van der Waals surface area contributed by atoms with E-state index in [0.29, 0.717) is 29.9 Å². The number of hydrogen-bond acceptors (Lipinski definition) is 3. The van der Waals surface area contributed by atoms with Crippen molar-refractivity contribution in [2.75, 3.05) is 13.6 Å². The van der Waals surface area contributed by atoms with Crippen molar-refractivity contribution in [3.05, 3.63) is 29.3 Å². The van der Waals surface area contributed by atoms with Crippen molar-refractivity contribution in [2.45, 2.75) is 43.6 Å².